The molecule has 1 atom stereocenters. The SMILES string of the molecule is Cc1ccc(S(=O)(=O)OC2(C)COP(C)(C)(C)O2)cc1. The van der Waals surface area contributed by atoms with Crippen LogP contribution in [0.2, 0.25) is 0 Å². The van der Waals surface area contributed by atoms with Crippen LogP contribution < -0.4 is 0 Å². The summed E-state index contributed by atoms with van der Waals surface area (Å²) < 4.78 is 41.3. The summed E-state index contributed by atoms with van der Waals surface area (Å²) >= 11 is 0. The van der Waals surface area contributed by atoms with Gasteiger partial charge in [-0.25, -0.2) is 0 Å². The summed E-state index contributed by atoms with van der Waals surface area (Å²) in [4.78, 5) is 0.114. The summed E-state index contributed by atoms with van der Waals surface area (Å²) in [6, 6.07) is 6.50. The summed E-state index contributed by atoms with van der Waals surface area (Å²) in [5.41, 5.74) is 0.983. The van der Waals surface area contributed by atoms with Gasteiger partial charge >= 0.3 is 120 Å². The summed E-state index contributed by atoms with van der Waals surface area (Å²) in [5.74, 6) is -1.28. The van der Waals surface area contributed by atoms with Gasteiger partial charge in [-0.05, 0) is 0 Å². The number of aryl methyl sites for hydroxylation is 1. The van der Waals surface area contributed by atoms with Gasteiger partial charge in [-0.1, -0.05) is 0 Å². The van der Waals surface area contributed by atoms with E-state index in [9.17, 15) is 8.42 Å². The Bertz CT molecular complexity index is 614. The van der Waals surface area contributed by atoms with E-state index in [1.165, 1.54) is 12.1 Å². The first-order valence-corrected chi connectivity index (χ1v) is 11.1. The Kier molecular flexibility index (Phi) is 3.56. The zero-order valence-electron chi connectivity index (χ0n) is 12.4. The Hall–Kier alpha value is -0.520. The number of benzene rings is 1. The van der Waals surface area contributed by atoms with Gasteiger partial charge in [0.05, 0.1) is 0 Å². The monoisotopic (exact) mass is 320 g/mol. The fourth-order valence-electron chi connectivity index (χ4n) is 2.07. The number of hydrogen-bond donors (Lipinski definition) is 0. The Morgan fingerprint density at radius 2 is 1.75 bits per heavy atom. The molecule has 1 fully saturated rings. The molecule has 1 heterocycles. The molecule has 20 heavy (non-hydrogen) atoms. The van der Waals surface area contributed by atoms with Crippen molar-refractivity contribution in [2.75, 3.05) is 26.6 Å². The normalized spacial score (nSPS) is 30.6. The third kappa shape index (κ3) is 3.57. The maximum atomic E-state index is 12.3. The molecule has 114 valence electrons. The van der Waals surface area contributed by atoms with Crippen LogP contribution >= 0.6 is 7.06 Å². The second-order valence-electron chi connectivity index (χ2n) is 6.36. The summed E-state index contributed by atoms with van der Waals surface area (Å²) in [6.45, 7) is 9.15. The zero-order chi connectivity index (χ0) is 15.3. The van der Waals surface area contributed by atoms with Gasteiger partial charge in [-0.15, -0.1) is 0 Å². The number of hydrogen-bond acceptors (Lipinski definition) is 5. The third-order valence-corrected chi connectivity index (χ3v) is 6.31. The first-order chi connectivity index (χ1) is 8.89. The molecular weight excluding hydrogens is 299 g/mol. The quantitative estimate of drug-likeness (QED) is 0.633. The van der Waals surface area contributed by atoms with Crippen molar-refractivity contribution < 1.29 is 21.6 Å². The fourth-order valence-corrected chi connectivity index (χ4v) is 5.37. The summed E-state index contributed by atoms with van der Waals surface area (Å²) in [5, 5.41) is 0. The van der Waals surface area contributed by atoms with E-state index >= 15 is 0 Å². The molecule has 7 heteroatoms. The van der Waals surface area contributed by atoms with Crippen molar-refractivity contribution in [3.05, 3.63) is 29.8 Å². The minimum atomic E-state index is -3.88. The fraction of sp³-hybridized carbons (Fsp3) is 0.538. The molecule has 2 rings (SSSR count). The molecule has 0 aliphatic carbocycles. The van der Waals surface area contributed by atoms with Gasteiger partial charge in [0.2, 0.25) is 0 Å². The van der Waals surface area contributed by atoms with E-state index < -0.39 is 23.0 Å². The van der Waals surface area contributed by atoms with Crippen LogP contribution in [0.4, 0.5) is 0 Å². The van der Waals surface area contributed by atoms with Crippen LogP contribution in [0.3, 0.4) is 0 Å². The van der Waals surface area contributed by atoms with Crippen molar-refractivity contribution in [2.45, 2.75) is 24.5 Å². The van der Waals surface area contributed by atoms with Gasteiger partial charge in [0.1, 0.15) is 0 Å². The summed E-state index contributed by atoms with van der Waals surface area (Å²) in [7, 11) is -6.62. The molecule has 1 aromatic carbocycles. The Morgan fingerprint density at radius 3 is 2.20 bits per heavy atom. The van der Waals surface area contributed by atoms with E-state index in [0.717, 1.165) is 5.56 Å². The van der Waals surface area contributed by atoms with E-state index in [4.69, 9.17) is 13.2 Å². The first kappa shape index (κ1) is 15.9. The van der Waals surface area contributed by atoms with Gasteiger partial charge in [0.25, 0.3) is 0 Å². The Morgan fingerprint density at radius 1 is 1.20 bits per heavy atom. The summed E-state index contributed by atoms with van der Waals surface area (Å²) in [6.07, 6.45) is 0. The molecule has 5 nitrogen and oxygen atoms in total. The van der Waals surface area contributed by atoms with E-state index in [-0.39, 0.29) is 11.5 Å². The minimum absolute atomic E-state index is 0.0966. The van der Waals surface area contributed by atoms with Crippen LogP contribution in [0.15, 0.2) is 29.2 Å². The molecule has 0 radical (unpaired) electrons. The Balaban J connectivity index is 2.24. The van der Waals surface area contributed by atoms with Crippen LogP contribution in [-0.4, -0.2) is 40.8 Å². The topological polar surface area (TPSA) is 61.8 Å². The van der Waals surface area contributed by atoms with Crippen LogP contribution in [-0.2, 0) is 23.3 Å². The van der Waals surface area contributed by atoms with Crippen molar-refractivity contribution >= 4 is 17.2 Å². The Labute approximate surface area is 120 Å². The predicted molar refractivity (Wildman–Crippen MR) is 79.6 cm³/mol. The van der Waals surface area contributed by atoms with Crippen molar-refractivity contribution in [3.8, 4) is 0 Å². The van der Waals surface area contributed by atoms with Crippen LogP contribution in [0.25, 0.3) is 0 Å². The molecular formula is C13H21O5PS. The molecule has 0 aromatic heterocycles. The zero-order valence-corrected chi connectivity index (χ0v) is 14.1. The molecule has 0 amide bonds. The van der Waals surface area contributed by atoms with E-state index in [0.29, 0.717) is 0 Å². The van der Waals surface area contributed by atoms with Gasteiger partial charge in [0.15, 0.2) is 0 Å². The molecule has 1 unspecified atom stereocenters. The molecule has 0 N–H and O–H groups in total. The van der Waals surface area contributed by atoms with Gasteiger partial charge in [-0.2, -0.15) is 0 Å². The average Bonchev–Trinajstić information content (AvgIpc) is 2.48. The van der Waals surface area contributed by atoms with Crippen LogP contribution in [0, 0.1) is 6.92 Å². The first-order valence-electron chi connectivity index (χ1n) is 6.28. The third-order valence-electron chi connectivity index (χ3n) is 2.87. The van der Waals surface area contributed by atoms with Crippen molar-refractivity contribution in [2.24, 2.45) is 0 Å². The van der Waals surface area contributed by atoms with Gasteiger partial charge in [0, 0.05) is 0 Å². The van der Waals surface area contributed by atoms with Crippen LogP contribution in [0.1, 0.15) is 12.5 Å². The van der Waals surface area contributed by atoms with E-state index in [2.05, 4.69) is 0 Å². The molecule has 0 bridgehead atoms. The number of rotatable bonds is 3. The molecule has 1 aliphatic heterocycles. The maximum absolute atomic E-state index is 12.3. The molecule has 1 aliphatic rings. The van der Waals surface area contributed by atoms with E-state index in [1.807, 2.05) is 26.9 Å². The standard InChI is InChI=1S/C13H21O5PS/c1-11-6-8-12(9-7-11)20(14,15)18-13(2)10-16-19(3,4,5)17-13/h6-9H,10H2,1-5H3. The second kappa shape index (κ2) is 4.49. The molecule has 1 aromatic rings. The molecule has 0 spiro atoms. The van der Waals surface area contributed by atoms with Crippen LogP contribution in [0.5, 0.6) is 0 Å². The molecule has 1 saturated heterocycles. The van der Waals surface area contributed by atoms with Gasteiger partial charge in [-0.3, -0.25) is 0 Å². The van der Waals surface area contributed by atoms with Crippen molar-refractivity contribution in [1.82, 2.24) is 0 Å². The molecule has 0 saturated carbocycles. The average molecular weight is 320 g/mol. The second-order valence-corrected chi connectivity index (χ2v) is 13.4. The van der Waals surface area contributed by atoms with Gasteiger partial charge < -0.3 is 0 Å². The van der Waals surface area contributed by atoms with E-state index in [1.54, 1.807) is 19.1 Å². The van der Waals surface area contributed by atoms with Crippen molar-refractivity contribution in [3.63, 3.8) is 0 Å². The predicted octanol–water partition coefficient (Wildman–Crippen LogP) is 2.74. The van der Waals surface area contributed by atoms with Crippen molar-refractivity contribution in [1.29, 1.82) is 0 Å².